The van der Waals surface area contributed by atoms with Crippen LogP contribution in [-0.4, -0.2) is 30.9 Å². The lowest BCUT2D eigenvalue weighted by Crippen LogP contribution is -2.41. The Morgan fingerprint density at radius 1 is 0.528 bits per heavy atom. The molecule has 6 heteroatoms. The van der Waals surface area contributed by atoms with Gasteiger partial charge in [0.25, 0.3) is 0 Å². The van der Waals surface area contributed by atoms with Gasteiger partial charge in [-0.1, -0.05) is 129 Å². The first-order chi connectivity index (χ1) is 17.5. The van der Waals surface area contributed by atoms with Crippen LogP contribution >= 0.6 is 7.60 Å². The molecule has 0 heterocycles. The van der Waals surface area contributed by atoms with Gasteiger partial charge in [-0.2, -0.15) is 0 Å². The van der Waals surface area contributed by atoms with E-state index in [0.29, 0.717) is 12.8 Å². The molecule has 0 fully saturated rings. The van der Waals surface area contributed by atoms with Crippen molar-refractivity contribution < 1.29 is 23.1 Å². The molecule has 0 bridgehead atoms. The molecule has 0 N–H and O–H groups in total. The molecule has 0 spiro atoms. The first-order valence-corrected chi connectivity index (χ1v) is 17.1. The van der Waals surface area contributed by atoms with Gasteiger partial charge in [-0.15, -0.1) is 0 Å². The zero-order valence-electron chi connectivity index (χ0n) is 24.8. The number of carbonyl (C=O) groups excluding carboxylic acids is 1. The Hall–Kier alpha value is -0.380. The molecular formula is C30H61O5P. The molecule has 0 aliphatic carbocycles. The summed E-state index contributed by atoms with van der Waals surface area (Å²) in [4.78, 5) is 13.4. The summed E-state index contributed by atoms with van der Waals surface area (Å²) < 4.78 is 31.3. The maximum atomic E-state index is 14.1. The van der Waals surface area contributed by atoms with Gasteiger partial charge in [0, 0.05) is 0 Å². The van der Waals surface area contributed by atoms with Crippen molar-refractivity contribution in [2.24, 2.45) is 0 Å². The van der Waals surface area contributed by atoms with Crippen LogP contribution in [0.4, 0.5) is 0 Å². The summed E-state index contributed by atoms with van der Waals surface area (Å²) in [5, 5.41) is -1.20. The number of esters is 1. The summed E-state index contributed by atoms with van der Waals surface area (Å²) in [5.41, 5.74) is 0. The molecular weight excluding hydrogens is 471 g/mol. The zero-order valence-corrected chi connectivity index (χ0v) is 25.6. The molecule has 0 aromatic rings. The van der Waals surface area contributed by atoms with Gasteiger partial charge < -0.3 is 13.8 Å². The molecule has 0 saturated carbocycles. The van der Waals surface area contributed by atoms with E-state index in [1.165, 1.54) is 77.0 Å². The molecule has 0 saturated heterocycles. The first-order valence-electron chi connectivity index (χ1n) is 15.5. The molecule has 0 rings (SSSR count). The van der Waals surface area contributed by atoms with Gasteiger partial charge in [-0.25, -0.2) is 0 Å². The molecule has 216 valence electrons. The summed E-state index contributed by atoms with van der Waals surface area (Å²) in [7, 11) is -3.67. The largest absolute Gasteiger partial charge is 0.465 e. The van der Waals surface area contributed by atoms with Gasteiger partial charge in [0.05, 0.1) is 19.8 Å². The normalized spacial score (nSPS) is 12.2. The molecule has 0 aliphatic heterocycles. The molecule has 36 heavy (non-hydrogen) atoms. The predicted molar refractivity (Wildman–Crippen MR) is 154 cm³/mol. The molecule has 0 unspecified atom stereocenters. The number of hydrogen-bond donors (Lipinski definition) is 0. The van der Waals surface area contributed by atoms with Gasteiger partial charge in [0.1, 0.15) is 0 Å². The van der Waals surface area contributed by atoms with E-state index in [1.54, 1.807) is 0 Å². The van der Waals surface area contributed by atoms with Crippen molar-refractivity contribution in [1.29, 1.82) is 0 Å². The summed E-state index contributed by atoms with van der Waals surface area (Å²) in [6.07, 6.45) is 22.5. The molecule has 0 atom stereocenters. The van der Waals surface area contributed by atoms with E-state index in [1.807, 2.05) is 20.8 Å². The third kappa shape index (κ3) is 14.5. The Labute approximate surface area is 224 Å². The second-order valence-corrected chi connectivity index (χ2v) is 12.6. The summed E-state index contributed by atoms with van der Waals surface area (Å²) in [6, 6.07) is 0. The maximum Gasteiger partial charge on any atom is 0.347 e. The summed E-state index contributed by atoms with van der Waals surface area (Å²) in [5.74, 6) is -0.394. The highest BCUT2D eigenvalue weighted by molar-refractivity contribution is 7.56. The van der Waals surface area contributed by atoms with Gasteiger partial charge >= 0.3 is 13.6 Å². The Balaban J connectivity index is 5.15. The number of rotatable bonds is 27. The minimum absolute atomic E-state index is 0.258. The smallest absolute Gasteiger partial charge is 0.347 e. The Morgan fingerprint density at radius 3 is 1.17 bits per heavy atom. The minimum Gasteiger partial charge on any atom is -0.465 e. The van der Waals surface area contributed by atoms with E-state index in [4.69, 9.17) is 13.8 Å². The highest BCUT2D eigenvalue weighted by Gasteiger charge is 2.56. The van der Waals surface area contributed by atoms with Crippen LogP contribution in [0.2, 0.25) is 0 Å². The van der Waals surface area contributed by atoms with Crippen LogP contribution in [0.15, 0.2) is 0 Å². The van der Waals surface area contributed by atoms with E-state index in [2.05, 4.69) is 13.8 Å². The molecule has 5 nitrogen and oxygen atoms in total. The Bertz CT molecular complexity index is 519. The quantitative estimate of drug-likeness (QED) is 0.0598. The molecule has 0 radical (unpaired) electrons. The number of unbranched alkanes of at least 4 members (excludes halogenated alkanes) is 16. The van der Waals surface area contributed by atoms with E-state index >= 15 is 0 Å². The third-order valence-electron chi connectivity index (χ3n) is 7.17. The lowest BCUT2D eigenvalue weighted by molar-refractivity contribution is -0.147. The van der Waals surface area contributed by atoms with Crippen molar-refractivity contribution in [2.45, 2.75) is 168 Å². The number of hydrogen-bond acceptors (Lipinski definition) is 5. The van der Waals surface area contributed by atoms with Crippen LogP contribution in [0.1, 0.15) is 163 Å². The number of ether oxygens (including phenoxy) is 1. The van der Waals surface area contributed by atoms with Gasteiger partial charge in [-0.3, -0.25) is 9.36 Å². The SMILES string of the molecule is CCCCCCCCCCCC(CCCCCCCCCCC)(C(=O)OCC)P(=O)(OCC)OCC. The highest BCUT2D eigenvalue weighted by atomic mass is 31.2. The van der Waals surface area contributed by atoms with Crippen LogP contribution in [0.25, 0.3) is 0 Å². The summed E-state index contributed by atoms with van der Waals surface area (Å²) >= 11 is 0. The van der Waals surface area contributed by atoms with Crippen molar-refractivity contribution in [3.8, 4) is 0 Å². The average Bonchev–Trinajstić information content (AvgIpc) is 2.85. The predicted octanol–water partition coefficient (Wildman–Crippen LogP) is 10.4. The third-order valence-corrected chi connectivity index (χ3v) is 10.0. The molecule has 0 aliphatic rings. The van der Waals surface area contributed by atoms with Crippen molar-refractivity contribution in [1.82, 2.24) is 0 Å². The lowest BCUT2D eigenvalue weighted by atomic mass is 9.93. The van der Waals surface area contributed by atoms with Crippen LogP contribution in [0, 0.1) is 0 Å². The number of carbonyl (C=O) groups is 1. The second-order valence-electron chi connectivity index (χ2n) is 10.2. The fraction of sp³-hybridized carbons (Fsp3) is 0.967. The fourth-order valence-corrected chi connectivity index (χ4v) is 7.46. The fourth-order valence-electron chi connectivity index (χ4n) is 5.06. The van der Waals surface area contributed by atoms with Crippen molar-refractivity contribution in [3.63, 3.8) is 0 Å². The van der Waals surface area contributed by atoms with Crippen LogP contribution in [0.3, 0.4) is 0 Å². The second kappa shape index (κ2) is 23.7. The van der Waals surface area contributed by atoms with E-state index in [9.17, 15) is 9.36 Å². The molecule has 0 aromatic carbocycles. The molecule has 0 amide bonds. The van der Waals surface area contributed by atoms with Gasteiger partial charge in [-0.05, 0) is 33.6 Å². The van der Waals surface area contributed by atoms with Crippen molar-refractivity contribution in [3.05, 3.63) is 0 Å². The topological polar surface area (TPSA) is 61.8 Å². The molecule has 0 aromatic heterocycles. The maximum absolute atomic E-state index is 14.1. The van der Waals surface area contributed by atoms with E-state index in [-0.39, 0.29) is 19.8 Å². The standard InChI is InChI=1S/C30H61O5P/c1-6-11-13-15-17-19-21-23-25-27-30(29(31)33-8-3,36(32,34-9-4)35-10-5)28-26-24-22-20-18-16-14-12-7-2/h6-28H2,1-5H3. The van der Waals surface area contributed by atoms with Gasteiger partial charge in [0.15, 0.2) is 5.16 Å². The monoisotopic (exact) mass is 532 g/mol. The Morgan fingerprint density at radius 2 is 0.861 bits per heavy atom. The summed E-state index contributed by atoms with van der Waals surface area (Å²) in [6.45, 7) is 10.7. The first kappa shape index (κ1) is 35.6. The average molecular weight is 533 g/mol. The van der Waals surface area contributed by atoms with Gasteiger partial charge in [0.2, 0.25) is 0 Å². The van der Waals surface area contributed by atoms with E-state index < -0.39 is 18.7 Å². The van der Waals surface area contributed by atoms with Crippen LogP contribution < -0.4 is 0 Å². The van der Waals surface area contributed by atoms with Crippen LogP contribution in [0.5, 0.6) is 0 Å². The van der Waals surface area contributed by atoms with Crippen molar-refractivity contribution >= 4 is 13.6 Å². The highest BCUT2D eigenvalue weighted by Crippen LogP contribution is 2.64. The van der Waals surface area contributed by atoms with E-state index in [0.717, 1.165) is 38.5 Å². The Kier molecular flexibility index (Phi) is 23.5. The van der Waals surface area contributed by atoms with Crippen molar-refractivity contribution in [2.75, 3.05) is 19.8 Å². The lowest BCUT2D eigenvalue weighted by Gasteiger charge is -2.37. The minimum atomic E-state index is -3.67. The zero-order chi connectivity index (χ0) is 27.0. The van der Waals surface area contributed by atoms with Crippen LogP contribution in [-0.2, 0) is 23.1 Å².